The molecular weight excluding hydrogens is 233 g/mol. The van der Waals surface area contributed by atoms with Gasteiger partial charge < -0.3 is 5.73 Å². The topological polar surface area (TPSA) is 26.0 Å². The van der Waals surface area contributed by atoms with E-state index in [0.29, 0.717) is 5.92 Å². The van der Waals surface area contributed by atoms with Gasteiger partial charge in [0.2, 0.25) is 0 Å². The Morgan fingerprint density at radius 2 is 1.92 bits per heavy atom. The summed E-state index contributed by atoms with van der Waals surface area (Å²) in [5, 5.41) is 0. The monoisotopic (exact) mass is 245 g/mol. The van der Waals surface area contributed by atoms with E-state index >= 15 is 0 Å². The number of hydrogen-bond acceptors (Lipinski definition) is 1. The van der Waals surface area contributed by atoms with Crippen molar-refractivity contribution in [1.82, 2.24) is 0 Å². The van der Waals surface area contributed by atoms with Crippen LogP contribution in [0.4, 0.5) is 4.39 Å². The Labute approximate surface area is 86.3 Å². The zero-order valence-electron chi connectivity index (χ0n) is 7.72. The van der Waals surface area contributed by atoms with Gasteiger partial charge in [-0.2, -0.15) is 0 Å². The largest absolute Gasteiger partial charge is 0.324 e. The third kappa shape index (κ3) is 2.78. The number of rotatable bonds is 2. The molecule has 0 radical (unpaired) electrons. The second-order valence-corrected chi connectivity index (χ2v) is 4.39. The van der Waals surface area contributed by atoms with E-state index < -0.39 is 0 Å². The van der Waals surface area contributed by atoms with Crippen LogP contribution in [0, 0.1) is 11.7 Å². The van der Waals surface area contributed by atoms with Crippen LogP contribution in [0.3, 0.4) is 0 Å². The first-order chi connectivity index (χ1) is 6.00. The van der Waals surface area contributed by atoms with Crippen molar-refractivity contribution in [2.24, 2.45) is 11.7 Å². The summed E-state index contributed by atoms with van der Waals surface area (Å²) in [4.78, 5) is 0. The zero-order valence-corrected chi connectivity index (χ0v) is 9.31. The highest BCUT2D eigenvalue weighted by atomic mass is 79.9. The van der Waals surface area contributed by atoms with E-state index in [2.05, 4.69) is 15.9 Å². The number of benzene rings is 1. The Morgan fingerprint density at radius 1 is 1.31 bits per heavy atom. The molecule has 0 aromatic heterocycles. The van der Waals surface area contributed by atoms with Crippen molar-refractivity contribution in [2.45, 2.75) is 19.9 Å². The molecule has 1 rings (SSSR count). The molecule has 0 spiro atoms. The Kier molecular flexibility index (Phi) is 3.45. The van der Waals surface area contributed by atoms with Gasteiger partial charge in [0.25, 0.3) is 0 Å². The van der Waals surface area contributed by atoms with Crippen molar-refractivity contribution in [3.05, 3.63) is 34.1 Å². The van der Waals surface area contributed by atoms with Gasteiger partial charge in [-0.05, 0) is 29.7 Å². The summed E-state index contributed by atoms with van der Waals surface area (Å²) in [7, 11) is 0. The molecule has 0 unspecified atom stereocenters. The summed E-state index contributed by atoms with van der Waals surface area (Å²) in [5.74, 6) is 0.0641. The molecule has 1 atom stereocenters. The lowest BCUT2D eigenvalue weighted by Gasteiger charge is -2.16. The molecule has 1 nitrogen and oxygen atoms in total. The van der Waals surface area contributed by atoms with Crippen LogP contribution in [-0.4, -0.2) is 0 Å². The minimum Gasteiger partial charge on any atom is -0.324 e. The van der Waals surface area contributed by atoms with E-state index in [1.165, 1.54) is 12.1 Å². The fraction of sp³-hybridized carbons (Fsp3) is 0.400. The molecule has 13 heavy (non-hydrogen) atoms. The normalized spacial score (nSPS) is 13.4. The molecule has 2 N–H and O–H groups in total. The fourth-order valence-electron chi connectivity index (χ4n) is 1.15. The second-order valence-electron chi connectivity index (χ2n) is 3.47. The minimum absolute atomic E-state index is 0.105. The van der Waals surface area contributed by atoms with E-state index in [1.54, 1.807) is 0 Å². The molecule has 0 aliphatic rings. The van der Waals surface area contributed by atoms with E-state index in [9.17, 15) is 4.39 Å². The maximum absolute atomic E-state index is 13.0. The average molecular weight is 246 g/mol. The Bertz CT molecular complexity index is 279. The zero-order chi connectivity index (χ0) is 10.0. The molecular formula is C10H13BrFN. The molecule has 0 aliphatic heterocycles. The van der Waals surface area contributed by atoms with Gasteiger partial charge in [0.15, 0.2) is 0 Å². The van der Waals surface area contributed by atoms with Gasteiger partial charge in [-0.1, -0.05) is 29.8 Å². The Morgan fingerprint density at radius 3 is 2.38 bits per heavy atom. The van der Waals surface area contributed by atoms with Crippen LogP contribution in [-0.2, 0) is 0 Å². The fourth-order valence-corrected chi connectivity index (χ4v) is 1.64. The van der Waals surface area contributed by atoms with Crippen LogP contribution in [0.5, 0.6) is 0 Å². The van der Waals surface area contributed by atoms with Crippen LogP contribution in [0.1, 0.15) is 25.5 Å². The summed E-state index contributed by atoms with van der Waals surface area (Å²) in [6, 6.07) is 4.66. The summed E-state index contributed by atoms with van der Waals surface area (Å²) in [5.41, 5.74) is 6.72. The first kappa shape index (κ1) is 10.7. The molecule has 0 fully saturated rings. The molecule has 72 valence electrons. The molecule has 1 aromatic carbocycles. The van der Waals surface area contributed by atoms with Crippen molar-refractivity contribution in [1.29, 1.82) is 0 Å². The van der Waals surface area contributed by atoms with Gasteiger partial charge in [-0.25, -0.2) is 4.39 Å². The van der Waals surface area contributed by atoms with Crippen LogP contribution < -0.4 is 5.73 Å². The van der Waals surface area contributed by atoms with Gasteiger partial charge >= 0.3 is 0 Å². The summed E-state index contributed by atoms with van der Waals surface area (Å²) in [6.45, 7) is 4.03. The third-order valence-electron chi connectivity index (χ3n) is 1.99. The van der Waals surface area contributed by atoms with Gasteiger partial charge in [0, 0.05) is 10.5 Å². The standard InChI is InChI=1S/C10H13BrFN/c1-6(2)10(13)7-3-8(11)5-9(12)4-7/h3-6,10H,13H2,1-2H3/t10-/m1/s1. The van der Waals surface area contributed by atoms with Crippen molar-refractivity contribution < 1.29 is 4.39 Å². The Hall–Kier alpha value is -0.410. The van der Waals surface area contributed by atoms with Gasteiger partial charge in [-0.15, -0.1) is 0 Å². The summed E-state index contributed by atoms with van der Waals surface area (Å²) >= 11 is 3.23. The number of halogens is 2. The van der Waals surface area contributed by atoms with Crippen molar-refractivity contribution >= 4 is 15.9 Å². The molecule has 0 bridgehead atoms. The number of hydrogen-bond donors (Lipinski definition) is 1. The summed E-state index contributed by atoms with van der Waals surface area (Å²) in [6.07, 6.45) is 0. The van der Waals surface area contributed by atoms with E-state index in [0.717, 1.165) is 10.0 Å². The molecule has 0 amide bonds. The van der Waals surface area contributed by atoms with E-state index in [-0.39, 0.29) is 11.9 Å². The lowest BCUT2D eigenvalue weighted by Crippen LogP contribution is -2.16. The minimum atomic E-state index is -0.250. The maximum atomic E-state index is 13.0. The van der Waals surface area contributed by atoms with Crippen LogP contribution in [0.25, 0.3) is 0 Å². The van der Waals surface area contributed by atoms with Crippen LogP contribution in [0.15, 0.2) is 22.7 Å². The van der Waals surface area contributed by atoms with Crippen molar-refractivity contribution in [3.8, 4) is 0 Å². The first-order valence-corrected chi connectivity index (χ1v) is 5.01. The third-order valence-corrected chi connectivity index (χ3v) is 2.45. The quantitative estimate of drug-likeness (QED) is 0.851. The lowest BCUT2D eigenvalue weighted by atomic mass is 9.97. The lowest BCUT2D eigenvalue weighted by molar-refractivity contribution is 0.509. The van der Waals surface area contributed by atoms with E-state index in [1.807, 2.05) is 19.9 Å². The molecule has 0 saturated heterocycles. The molecule has 0 saturated carbocycles. The first-order valence-electron chi connectivity index (χ1n) is 4.22. The highest BCUT2D eigenvalue weighted by Gasteiger charge is 2.11. The summed E-state index contributed by atoms with van der Waals surface area (Å²) < 4.78 is 13.7. The van der Waals surface area contributed by atoms with Crippen molar-refractivity contribution in [2.75, 3.05) is 0 Å². The van der Waals surface area contributed by atoms with Crippen molar-refractivity contribution in [3.63, 3.8) is 0 Å². The van der Waals surface area contributed by atoms with Gasteiger partial charge in [0.05, 0.1) is 0 Å². The number of nitrogens with two attached hydrogens (primary N) is 1. The SMILES string of the molecule is CC(C)[C@@H](N)c1cc(F)cc(Br)c1. The highest BCUT2D eigenvalue weighted by molar-refractivity contribution is 9.10. The maximum Gasteiger partial charge on any atom is 0.124 e. The Balaban J connectivity index is 3.01. The smallest absolute Gasteiger partial charge is 0.124 e. The molecule has 0 aliphatic carbocycles. The predicted octanol–water partition coefficient (Wildman–Crippen LogP) is 3.24. The second kappa shape index (κ2) is 4.20. The molecule has 3 heteroatoms. The molecule has 0 heterocycles. The van der Waals surface area contributed by atoms with Gasteiger partial charge in [0.1, 0.15) is 5.82 Å². The van der Waals surface area contributed by atoms with Crippen LogP contribution in [0.2, 0.25) is 0 Å². The van der Waals surface area contributed by atoms with E-state index in [4.69, 9.17) is 5.73 Å². The molecule has 1 aromatic rings. The van der Waals surface area contributed by atoms with Crippen LogP contribution >= 0.6 is 15.9 Å². The highest BCUT2D eigenvalue weighted by Crippen LogP contribution is 2.23. The predicted molar refractivity (Wildman–Crippen MR) is 55.9 cm³/mol. The average Bonchev–Trinajstić information content (AvgIpc) is 2.01. The van der Waals surface area contributed by atoms with Gasteiger partial charge in [-0.3, -0.25) is 0 Å².